The number of hydrogen-bond donors (Lipinski definition) is 2. The number of benzene rings is 2. The fourth-order valence-electron chi connectivity index (χ4n) is 3.84. The Balaban J connectivity index is 1.71. The molecule has 0 saturated heterocycles. The number of nitrogens with one attached hydrogen (secondary N) is 1. The average Bonchev–Trinajstić information content (AvgIpc) is 3.21. The molecule has 0 unspecified atom stereocenters. The summed E-state index contributed by atoms with van der Waals surface area (Å²) in [5.74, 6) is 0.103. The number of rotatable bonds is 14. The van der Waals surface area contributed by atoms with Gasteiger partial charge in [0.2, 0.25) is 6.41 Å². The maximum absolute atomic E-state index is 12.1. The SMILES string of the molecule is COc1ccc(-n2nc(C(N)=O)c(CCN(C=O)c3ccc(NCCCCC=O)cc3)c2C)cc1. The van der Waals surface area contributed by atoms with Crippen LogP contribution in [0, 0.1) is 6.92 Å². The lowest BCUT2D eigenvalue weighted by atomic mass is 10.1. The van der Waals surface area contributed by atoms with Gasteiger partial charge in [-0.2, -0.15) is 5.10 Å². The van der Waals surface area contributed by atoms with Gasteiger partial charge in [0, 0.05) is 42.1 Å². The van der Waals surface area contributed by atoms with Crippen LogP contribution in [0.25, 0.3) is 5.69 Å². The second-order valence-corrected chi connectivity index (χ2v) is 8.07. The Labute approximate surface area is 204 Å². The molecule has 3 N–H and O–H groups in total. The zero-order valence-electron chi connectivity index (χ0n) is 20.1. The summed E-state index contributed by atoms with van der Waals surface area (Å²) in [6.07, 6.45) is 4.46. The summed E-state index contributed by atoms with van der Waals surface area (Å²) in [5, 5.41) is 7.74. The molecule has 2 aromatic carbocycles. The van der Waals surface area contributed by atoms with Crippen molar-refractivity contribution in [1.29, 1.82) is 0 Å². The first kappa shape index (κ1) is 25.5. The molecule has 0 spiro atoms. The maximum Gasteiger partial charge on any atom is 0.269 e. The molecule has 3 rings (SSSR count). The highest BCUT2D eigenvalue weighted by molar-refractivity contribution is 5.92. The zero-order chi connectivity index (χ0) is 25.2. The van der Waals surface area contributed by atoms with E-state index in [0.717, 1.165) is 60.6 Å². The number of ether oxygens (including phenoxy) is 1. The van der Waals surface area contributed by atoms with Crippen molar-refractivity contribution in [2.24, 2.45) is 5.73 Å². The maximum atomic E-state index is 12.1. The minimum atomic E-state index is -0.614. The van der Waals surface area contributed by atoms with E-state index in [0.29, 0.717) is 24.9 Å². The number of unbranched alkanes of at least 4 members (excludes halogenated alkanes) is 2. The van der Waals surface area contributed by atoms with Crippen LogP contribution in [0.1, 0.15) is 41.0 Å². The van der Waals surface area contributed by atoms with Crippen molar-refractivity contribution in [3.63, 3.8) is 0 Å². The van der Waals surface area contributed by atoms with Crippen LogP contribution in [0.3, 0.4) is 0 Å². The van der Waals surface area contributed by atoms with Gasteiger partial charge in [0.05, 0.1) is 12.8 Å². The van der Waals surface area contributed by atoms with E-state index in [2.05, 4.69) is 10.4 Å². The molecule has 3 aromatic rings. The molecule has 2 amide bonds. The Hall–Kier alpha value is -4.14. The molecule has 9 nitrogen and oxygen atoms in total. The van der Waals surface area contributed by atoms with Gasteiger partial charge in [0.1, 0.15) is 12.0 Å². The van der Waals surface area contributed by atoms with Gasteiger partial charge < -0.3 is 25.5 Å². The Kier molecular flexibility index (Phi) is 9.00. The monoisotopic (exact) mass is 477 g/mol. The highest BCUT2D eigenvalue weighted by Gasteiger charge is 2.20. The minimum Gasteiger partial charge on any atom is -0.497 e. The Bertz CT molecular complexity index is 1140. The molecule has 0 aliphatic heterocycles. The second kappa shape index (κ2) is 12.4. The van der Waals surface area contributed by atoms with Crippen molar-refractivity contribution < 1.29 is 19.1 Å². The summed E-state index contributed by atoms with van der Waals surface area (Å²) in [5.41, 5.74) is 9.75. The molecular weight excluding hydrogens is 446 g/mol. The van der Waals surface area contributed by atoms with Gasteiger partial charge in [0.15, 0.2) is 5.69 Å². The third-order valence-electron chi connectivity index (χ3n) is 5.80. The number of nitrogens with zero attached hydrogens (tertiary/aromatic N) is 3. The molecule has 184 valence electrons. The quantitative estimate of drug-likeness (QED) is 0.272. The summed E-state index contributed by atoms with van der Waals surface area (Å²) in [6.45, 7) is 3.01. The fourth-order valence-corrected chi connectivity index (χ4v) is 3.84. The van der Waals surface area contributed by atoms with Gasteiger partial charge >= 0.3 is 0 Å². The van der Waals surface area contributed by atoms with E-state index >= 15 is 0 Å². The number of amides is 2. The lowest BCUT2D eigenvalue weighted by Crippen LogP contribution is -2.25. The molecule has 0 aliphatic rings. The molecule has 9 heteroatoms. The van der Waals surface area contributed by atoms with Gasteiger partial charge in [-0.05, 0) is 74.7 Å². The molecule has 1 aromatic heterocycles. The van der Waals surface area contributed by atoms with Crippen LogP contribution in [0.2, 0.25) is 0 Å². The normalized spacial score (nSPS) is 10.6. The molecule has 35 heavy (non-hydrogen) atoms. The summed E-state index contributed by atoms with van der Waals surface area (Å²) in [6, 6.07) is 14.9. The number of methoxy groups -OCH3 is 1. The van der Waals surface area contributed by atoms with E-state index in [1.807, 2.05) is 55.5 Å². The van der Waals surface area contributed by atoms with Gasteiger partial charge in [-0.1, -0.05) is 0 Å². The first-order valence-electron chi connectivity index (χ1n) is 11.5. The summed E-state index contributed by atoms with van der Waals surface area (Å²) >= 11 is 0. The summed E-state index contributed by atoms with van der Waals surface area (Å²) < 4.78 is 6.88. The van der Waals surface area contributed by atoms with E-state index in [4.69, 9.17) is 10.5 Å². The number of aldehydes is 1. The average molecular weight is 478 g/mol. The van der Waals surface area contributed by atoms with E-state index in [-0.39, 0.29) is 5.69 Å². The number of nitrogens with two attached hydrogens (primary N) is 1. The first-order valence-corrected chi connectivity index (χ1v) is 11.5. The predicted octanol–water partition coefficient (Wildman–Crippen LogP) is 3.27. The minimum absolute atomic E-state index is 0.193. The molecular formula is C26H31N5O4. The fraction of sp³-hybridized carbons (Fsp3) is 0.308. The number of carbonyl (C=O) groups excluding carboxylic acids is 3. The summed E-state index contributed by atoms with van der Waals surface area (Å²) in [7, 11) is 1.60. The van der Waals surface area contributed by atoms with Crippen LogP contribution in [0.5, 0.6) is 5.75 Å². The molecule has 1 heterocycles. The van der Waals surface area contributed by atoms with E-state index in [1.165, 1.54) is 0 Å². The highest BCUT2D eigenvalue weighted by atomic mass is 16.5. The Morgan fingerprint density at radius 1 is 1.11 bits per heavy atom. The van der Waals surface area contributed by atoms with Crippen molar-refractivity contribution in [3.05, 3.63) is 65.5 Å². The Morgan fingerprint density at radius 3 is 2.43 bits per heavy atom. The standard InChI is InChI=1S/C26H31N5O4/c1-19-24(25(26(27)34)29-31(19)22-10-12-23(35-2)13-11-22)14-16-30(18-33)21-8-6-20(7-9-21)28-15-4-3-5-17-32/h6-13,17-18,28H,3-5,14-16H2,1-2H3,(H2,27,34). The molecule has 0 bridgehead atoms. The summed E-state index contributed by atoms with van der Waals surface area (Å²) in [4.78, 5) is 35.9. The van der Waals surface area contributed by atoms with Crippen molar-refractivity contribution in [2.45, 2.75) is 32.6 Å². The van der Waals surface area contributed by atoms with Crippen molar-refractivity contribution >= 4 is 30.0 Å². The van der Waals surface area contributed by atoms with Crippen LogP contribution in [-0.2, 0) is 16.0 Å². The highest BCUT2D eigenvalue weighted by Crippen LogP contribution is 2.23. The topological polar surface area (TPSA) is 120 Å². The van der Waals surface area contributed by atoms with Crippen molar-refractivity contribution in [1.82, 2.24) is 9.78 Å². The van der Waals surface area contributed by atoms with Gasteiger partial charge in [-0.25, -0.2) is 4.68 Å². The van der Waals surface area contributed by atoms with Gasteiger partial charge in [0.25, 0.3) is 5.91 Å². The number of aromatic nitrogens is 2. The van der Waals surface area contributed by atoms with Crippen LogP contribution in [-0.4, -0.2) is 48.6 Å². The first-order chi connectivity index (χ1) is 17.0. The predicted molar refractivity (Wildman–Crippen MR) is 135 cm³/mol. The van der Waals surface area contributed by atoms with E-state index in [1.54, 1.807) is 16.7 Å². The van der Waals surface area contributed by atoms with E-state index in [9.17, 15) is 14.4 Å². The molecule has 0 fully saturated rings. The van der Waals surface area contributed by atoms with Gasteiger partial charge in [-0.15, -0.1) is 0 Å². The number of anilines is 2. The van der Waals surface area contributed by atoms with Gasteiger partial charge in [-0.3, -0.25) is 9.59 Å². The van der Waals surface area contributed by atoms with Crippen molar-refractivity contribution in [3.8, 4) is 11.4 Å². The smallest absolute Gasteiger partial charge is 0.269 e. The molecule has 0 saturated carbocycles. The lowest BCUT2D eigenvalue weighted by Gasteiger charge is -2.18. The third kappa shape index (κ3) is 6.47. The number of primary amides is 1. The third-order valence-corrected chi connectivity index (χ3v) is 5.80. The zero-order valence-corrected chi connectivity index (χ0v) is 20.1. The van der Waals surface area contributed by atoms with Crippen LogP contribution in [0.4, 0.5) is 11.4 Å². The molecule has 0 aliphatic carbocycles. The largest absolute Gasteiger partial charge is 0.497 e. The molecule has 0 atom stereocenters. The van der Waals surface area contributed by atoms with E-state index < -0.39 is 5.91 Å². The molecule has 0 radical (unpaired) electrons. The second-order valence-electron chi connectivity index (χ2n) is 8.07. The lowest BCUT2D eigenvalue weighted by molar-refractivity contribution is -0.108. The van der Waals surface area contributed by atoms with Crippen molar-refractivity contribution in [2.75, 3.05) is 30.4 Å². The van der Waals surface area contributed by atoms with Crippen LogP contribution < -0.4 is 20.7 Å². The Morgan fingerprint density at radius 2 is 1.83 bits per heavy atom. The van der Waals surface area contributed by atoms with Crippen LogP contribution in [0.15, 0.2) is 48.5 Å². The number of carbonyl (C=O) groups is 3. The number of hydrogen-bond acceptors (Lipinski definition) is 6. The van der Waals surface area contributed by atoms with Crippen LogP contribution >= 0.6 is 0 Å².